The number of nitrogens with two attached hydrogens (primary N) is 1. The van der Waals surface area contributed by atoms with Crippen molar-refractivity contribution >= 4 is 6.29 Å². The molecule has 0 aliphatic heterocycles. The SMILES string of the molecule is CON.O=C[C@H](O)[C@H](O)CO. The zero-order chi connectivity index (χ0) is 9.28. The molecule has 0 unspecified atom stereocenters. The van der Waals surface area contributed by atoms with Crippen molar-refractivity contribution < 1.29 is 25.0 Å². The summed E-state index contributed by atoms with van der Waals surface area (Å²) in [6.45, 7) is -0.597. The highest BCUT2D eigenvalue weighted by Gasteiger charge is 2.12. The Morgan fingerprint density at radius 1 is 1.64 bits per heavy atom. The topological polar surface area (TPSA) is 113 Å². The van der Waals surface area contributed by atoms with E-state index in [9.17, 15) is 4.79 Å². The van der Waals surface area contributed by atoms with Gasteiger partial charge in [0.15, 0.2) is 6.29 Å². The van der Waals surface area contributed by atoms with E-state index in [1.165, 1.54) is 7.11 Å². The molecule has 11 heavy (non-hydrogen) atoms. The fourth-order valence-electron chi connectivity index (χ4n) is 0.199. The molecule has 0 aromatic rings. The monoisotopic (exact) mass is 167 g/mol. The second-order valence-corrected chi connectivity index (χ2v) is 1.61. The number of hydrogen-bond acceptors (Lipinski definition) is 6. The lowest BCUT2D eigenvalue weighted by Gasteiger charge is -2.06. The van der Waals surface area contributed by atoms with E-state index in [2.05, 4.69) is 10.7 Å². The zero-order valence-electron chi connectivity index (χ0n) is 6.17. The Hall–Kier alpha value is -0.530. The maximum absolute atomic E-state index is 9.58. The largest absolute Gasteiger partial charge is 0.394 e. The van der Waals surface area contributed by atoms with Crippen molar-refractivity contribution in [3.05, 3.63) is 0 Å². The molecule has 0 amide bonds. The van der Waals surface area contributed by atoms with Crippen molar-refractivity contribution in [3.63, 3.8) is 0 Å². The maximum Gasteiger partial charge on any atom is 0.151 e. The summed E-state index contributed by atoms with van der Waals surface area (Å²) in [5.74, 6) is 4.35. The smallest absolute Gasteiger partial charge is 0.151 e. The number of carbonyl (C=O) groups excluding carboxylic acids is 1. The first-order chi connectivity index (χ1) is 5.13. The minimum absolute atomic E-state index is 0.168. The van der Waals surface area contributed by atoms with Crippen molar-refractivity contribution in [2.24, 2.45) is 5.90 Å². The van der Waals surface area contributed by atoms with Crippen LogP contribution in [-0.4, -0.2) is 47.5 Å². The predicted octanol–water partition coefficient (Wildman–Crippen LogP) is -2.59. The van der Waals surface area contributed by atoms with Gasteiger partial charge in [0.1, 0.15) is 12.2 Å². The van der Waals surface area contributed by atoms with Crippen molar-refractivity contribution in [3.8, 4) is 0 Å². The molecule has 0 bridgehead atoms. The molecule has 0 aromatic heterocycles. The van der Waals surface area contributed by atoms with Crippen molar-refractivity contribution in [2.75, 3.05) is 13.7 Å². The fraction of sp³-hybridized carbons (Fsp3) is 0.800. The molecular formula is C5H13NO5. The van der Waals surface area contributed by atoms with Crippen molar-refractivity contribution in [1.29, 1.82) is 0 Å². The molecule has 6 nitrogen and oxygen atoms in total. The summed E-state index contributed by atoms with van der Waals surface area (Å²) in [4.78, 5) is 13.3. The van der Waals surface area contributed by atoms with Gasteiger partial charge < -0.3 is 25.0 Å². The maximum atomic E-state index is 9.58. The van der Waals surface area contributed by atoms with E-state index in [4.69, 9.17) is 15.3 Å². The van der Waals surface area contributed by atoms with E-state index in [1.54, 1.807) is 0 Å². The van der Waals surface area contributed by atoms with E-state index in [0.717, 1.165) is 0 Å². The molecule has 0 fully saturated rings. The van der Waals surface area contributed by atoms with E-state index in [1.807, 2.05) is 0 Å². The molecule has 6 heteroatoms. The Kier molecular flexibility index (Phi) is 11.3. The lowest BCUT2D eigenvalue weighted by Crippen LogP contribution is -2.30. The second-order valence-electron chi connectivity index (χ2n) is 1.61. The Labute approximate surface area is 64.2 Å². The summed E-state index contributed by atoms with van der Waals surface area (Å²) in [6.07, 6.45) is -2.63. The Morgan fingerprint density at radius 3 is 2.09 bits per heavy atom. The third-order valence-corrected chi connectivity index (χ3v) is 0.721. The first-order valence-corrected chi connectivity index (χ1v) is 2.79. The van der Waals surface area contributed by atoms with Crippen LogP contribution in [0.25, 0.3) is 0 Å². The van der Waals surface area contributed by atoms with E-state index < -0.39 is 18.8 Å². The summed E-state index contributed by atoms with van der Waals surface area (Å²) in [7, 11) is 1.40. The summed E-state index contributed by atoms with van der Waals surface area (Å²) < 4.78 is 0. The molecule has 0 aliphatic rings. The molecule has 0 rings (SSSR count). The number of hydrogen-bond donors (Lipinski definition) is 4. The highest BCUT2D eigenvalue weighted by atomic mass is 16.6. The Balaban J connectivity index is 0. The number of aliphatic hydroxyl groups is 3. The Morgan fingerprint density at radius 2 is 2.00 bits per heavy atom. The molecule has 0 saturated carbocycles. The highest BCUT2D eigenvalue weighted by molar-refractivity contribution is 5.56. The normalized spacial score (nSPS) is 14.3. The zero-order valence-corrected chi connectivity index (χ0v) is 6.17. The minimum Gasteiger partial charge on any atom is -0.394 e. The van der Waals surface area contributed by atoms with Crippen LogP contribution in [0.15, 0.2) is 0 Å². The lowest BCUT2D eigenvalue weighted by molar-refractivity contribution is -0.121. The minimum atomic E-state index is -1.46. The van der Waals surface area contributed by atoms with Gasteiger partial charge in [0.25, 0.3) is 0 Å². The van der Waals surface area contributed by atoms with Gasteiger partial charge in [-0.3, -0.25) is 0 Å². The van der Waals surface area contributed by atoms with Crippen LogP contribution < -0.4 is 5.90 Å². The van der Waals surface area contributed by atoms with Gasteiger partial charge in [0.05, 0.1) is 13.7 Å². The van der Waals surface area contributed by atoms with Crippen LogP contribution in [0.2, 0.25) is 0 Å². The van der Waals surface area contributed by atoms with Crippen LogP contribution in [0.4, 0.5) is 0 Å². The molecule has 0 heterocycles. The van der Waals surface area contributed by atoms with Gasteiger partial charge in [-0.25, -0.2) is 5.90 Å². The summed E-state index contributed by atoms with van der Waals surface area (Å²) >= 11 is 0. The van der Waals surface area contributed by atoms with Gasteiger partial charge >= 0.3 is 0 Å². The predicted molar refractivity (Wildman–Crippen MR) is 36.4 cm³/mol. The van der Waals surface area contributed by atoms with Crippen LogP contribution in [0.1, 0.15) is 0 Å². The van der Waals surface area contributed by atoms with Crippen LogP contribution in [0.3, 0.4) is 0 Å². The van der Waals surface area contributed by atoms with Gasteiger partial charge in [-0.15, -0.1) is 0 Å². The van der Waals surface area contributed by atoms with Gasteiger partial charge in [-0.05, 0) is 0 Å². The molecular weight excluding hydrogens is 154 g/mol. The molecule has 5 N–H and O–H groups in total. The third kappa shape index (κ3) is 9.47. The van der Waals surface area contributed by atoms with Crippen LogP contribution in [-0.2, 0) is 9.63 Å². The summed E-state index contributed by atoms with van der Waals surface area (Å²) in [5.41, 5.74) is 0. The molecule has 2 atom stereocenters. The standard InChI is InChI=1S/C4H8O4.CH5NO/c5-1-3(7)4(8)2-6;1-3-2/h1,3-4,6-8H,2H2;2H2,1H3/t3-,4+;/m0./s1. The second kappa shape index (κ2) is 9.47. The quantitative estimate of drug-likeness (QED) is 0.271. The van der Waals surface area contributed by atoms with Gasteiger partial charge in [0, 0.05) is 0 Å². The first-order valence-electron chi connectivity index (χ1n) is 2.79. The van der Waals surface area contributed by atoms with E-state index >= 15 is 0 Å². The van der Waals surface area contributed by atoms with Crippen LogP contribution in [0.5, 0.6) is 0 Å². The number of rotatable bonds is 3. The third-order valence-electron chi connectivity index (χ3n) is 0.721. The number of aliphatic hydroxyl groups excluding tert-OH is 3. The van der Waals surface area contributed by atoms with E-state index in [-0.39, 0.29) is 6.29 Å². The van der Waals surface area contributed by atoms with Crippen molar-refractivity contribution in [1.82, 2.24) is 0 Å². The van der Waals surface area contributed by atoms with Gasteiger partial charge in [-0.2, -0.15) is 0 Å². The molecule has 0 radical (unpaired) electrons. The highest BCUT2D eigenvalue weighted by Crippen LogP contribution is 1.85. The molecule has 0 aromatic carbocycles. The van der Waals surface area contributed by atoms with Crippen LogP contribution >= 0.6 is 0 Å². The average molecular weight is 167 g/mol. The molecule has 0 spiro atoms. The molecule has 0 aliphatic carbocycles. The van der Waals surface area contributed by atoms with Crippen LogP contribution in [0, 0.1) is 0 Å². The molecule has 0 saturated heterocycles. The fourth-order valence-corrected chi connectivity index (χ4v) is 0.199. The summed E-state index contributed by atoms with van der Waals surface area (Å²) in [5, 5.41) is 24.8. The Bertz CT molecular complexity index is 88.9. The number of aldehydes is 1. The number of carbonyl (C=O) groups is 1. The summed E-state index contributed by atoms with van der Waals surface area (Å²) in [6, 6.07) is 0. The lowest BCUT2D eigenvalue weighted by atomic mass is 10.2. The van der Waals surface area contributed by atoms with Gasteiger partial charge in [-0.1, -0.05) is 0 Å². The molecule has 68 valence electrons. The average Bonchev–Trinajstić information content (AvgIpc) is 2.03. The first kappa shape index (κ1) is 13.1. The van der Waals surface area contributed by atoms with E-state index in [0.29, 0.717) is 0 Å². The van der Waals surface area contributed by atoms with Crippen molar-refractivity contribution in [2.45, 2.75) is 12.2 Å². The van der Waals surface area contributed by atoms with Gasteiger partial charge in [0.2, 0.25) is 0 Å².